The Morgan fingerprint density at radius 3 is 2.62 bits per heavy atom. The average molecular weight is 523 g/mol. The number of unbranched alkanes of at least 4 members (excludes halogenated alkanes) is 1. The van der Waals surface area contributed by atoms with Gasteiger partial charge in [0.2, 0.25) is 0 Å². The van der Waals surface area contributed by atoms with Gasteiger partial charge in [0.15, 0.2) is 0 Å². The SMILES string of the molecule is CCCCNC(=O)c1ccc(N2C(=O)[C@@H]3Cc4c([nH]c5ccccc45)C(c4cccc(OC)c4)N3C2=O)cc1. The molecule has 0 aliphatic carbocycles. The zero-order valence-electron chi connectivity index (χ0n) is 21.9. The van der Waals surface area contributed by atoms with Crippen LogP contribution in [0.4, 0.5) is 10.5 Å². The minimum absolute atomic E-state index is 0.171. The summed E-state index contributed by atoms with van der Waals surface area (Å²) >= 11 is 0. The predicted octanol–water partition coefficient (Wildman–Crippen LogP) is 5.19. The van der Waals surface area contributed by atoms with Crippen molar-refractivity contribution in [1.82, 2.24) is 15.2 Å². The quantitative estimate of drug-likeness (QED) is 0.258. The molecule has 1 fully saturated rings. The maximum Gasteiger partial charge on any atom is 0.332 e. The molecule has 3 heterocycles. The van der Waals surface area contributed by atoms with Crippen molar-refractivity contribution in [1.29, 1.82) is 0 Å². The molecule has 3 aromatic carbocycles. The van der Waals surface area contributed by atoms with E-state index in [4.69, 9.17) is 4.74 Å². The minimum atomic E-state index is -0.655. The highest BCUT2D eigenvalue weighted by Gasteiger charge is 2.53. The van der Waals surface area contributed by atoms with Crippen molar-refractivity contribution in [2.75, 3.05) is 18.6 Å². The maximum absolute atomic E-state index is 14.0. The third-order valence-electron chi connectivity index (χ3n) is 7.66. The number of aromatic amines is 1. The molecule has 8 heteroatoms. The van der Waals surface area contributed by atoms with E-state index in [0.717, 1.165) is 40.6 Å². The number of aromatic nitrogens is 1. The Labute approximate surface area is 226 Å². The van der Waals surface area contributed by atoms with Crippen molar-refractivity contribution in [2.45, 2.75) is 38.3 Å². The number of imide groups is 1. The smallest absolute Gasteiger partial charge is 0.332 e. The molecule has 1 saturated heterocycles. The van der Waals surface area contributed by atoms with Gasteiger partial charge in [-0.3, -0.25) is 14.5 Å². The van der Waals surface area contributed by atoms with E-state index in [1.807, 2.05) is 48.5 Å². The van der Waals surface area contributed by atoms with Gasteiger partial charge in [-0.05, 0) is 60.0 Å². The highest BCUT2D eigenvalue weighted by atomic mass is 16.5. The largest absolute Gasteiger partial charge is 0.497 e. The number of rotatable bonds is 7. The molecule has 6 rings (SSSR count). The van der Waals surface area contributed by atoms with E-state index < -0.39 is 12.1 Å². The molecule has 0 bridgehead atoms. The number of benzene rings is 3. The standard InChI is InChI=1S/C31H30N4O4/c1-3-4-16-32-29(36)19-12-14-21(15-13-19)34-30(37)26-18-24-23-10-5-6-11-25(23)33-27(24)28(35(26)31(34)38)20-8-7-9-22(17-20)39-2/h5-15,17,26,28,33H,3-4,16,18H2,1-2H3,(H,32,36)/t26-,28?/m0/s1. The van der Waals surface area contributed by atoms with Gasteiger partial charge < -0.3 is 15.0 Å². The van der Waals surface area contributed by atoms with Crippen molar-refractivity contribution < 1.29 is 19.1 Å². The van der Waals surface area contributed by atoms with Crippen LogP contribution in [0.25, 0.3) is 10.9 Å². The number of hydrogen-bond donors (Lipinski definition) is 2. The fourth-order valence-electron chi connectivity index (χ4n) is 5.71. The van der Waals surface area contributed by atoms with Gasteiger partial charge in [-0.1, -0.05) is 43.7 Å². The van der Waals surface area contributed by atoms with E-state index in [2.05, 4.69) is 17.2 Å². The molecule has 2 aliphatic rings. The van der Waals surface area contributed by atoms with Gasteiger partial charge in [-0.2, -0.15) is 0 Å². The fourth-order valence-corrected chi connectivity index (χ4v) is 5.71. The third-order valence-corrected chi connectivity index (χ3v) is 7.66. The van der Waals surface area contributed by atoms with Crippen molar-refractivity contribution in [3.63, 3.8) is 0 Å². The molecule has 1 unspecified atom stereocenters. The summed E-state index contributed by atoms with van der Waals surface area (Å²) < 4.78 is 5.48. The van der Waals surface area contributed by atoms with Crippen LogP contribution >= 0.6 is 0 Å². The second-order valence-electron chi connectivity index (χ2n) is 9.98. The fraction of sp³-hybridized carbons (Fsp3) is 0.258. The Balaban J connectivity index is 1.39. The number of nitrogens with one attached hydrogen (secondary N) is 2. The molecule has 198 valence electrons. The molecule has 8 nitrogen and oxygen atoms in total. The minimum Gasteiger partial charge on any atom is -0.497 e. The number of methoxy groups -OCH3 is 1. The normalized spacial score (nSPS) is 18.3. The zero-order chi connectivity index (χ0) is 27.1. The third kappa shape index (κ3) is 4.12. The van der Waals surface area contributed by atoms with Gasteiger partial charge in [0.25, 0.3) is 11.8 Å². The van der Waals surface area contributed by atoms with Crippen LogP contribution in [0.15, 0.2) is 72.8 Å². The first-order valence-corrected chi connectivity index (χ1v) is 13.3. The van der Waals surface area contributed by atoms with E-state index in [1.165, 1.54) is 4.90 Å². The van der Waals surface area contributed by atoms with Crippen LogP contribution in [0, 0.1) is 0 Å². The number of ether oxygens (including phenoxy) is 1. The lowest BCUT2D eigenvalue weighted by Crippen LogP contribution is -2.44. The molecular formula is C31H30N4O4. The van der Waals surface area contributed by atoms with Crippen molar-refractivity contribution in [3.8, 4) is 5.75 Å². The summed E-state index contributed by atoms with van der Waals surface area (Å²) in [6.45, 7) is 2.67. The van der Waals surface area contributed by atoms with Crippen molar-refractivity contribution >= 4 is 34.4 Å². The summed E-state index contributed by atoms with van der Waals surface area (Å²) in [5, 5.41) is 3.95. The molecule has 39 heavy (non-hydrogen) atoms. The lowest BCUT2D eigenvalue weighted by atomic mass is 9.89. The number of hydrogen-bond acceptors (Lipinski definition) is 4. The predicted molar refractivity (Wildman–Crippen MR) is 149 cm³/mol. The molecule has 2 N–H and O–H groups in total. The first-order chi connectivity index (χ1) is 19.0. The summed E-state index contributed by atoms with van der Waals surface area (Å²) in [5.74, 6) is 0.230. The highest BCUT2D eigenvalue weighted by molar-refractivity contribution is 6.22. The number of H-pyrrole nitrogens is 1. The summed E-state index contributed by atoms with van der Waals surface area (Å²) in [5.41, 5.74) is 4.71. The monoisotopic (exact) mass is 522 g/mol. The number of urea groups is 1. The Morgan fingerprint density at radius 2 is 1.85 bits per heavy atom. The number of fused-ring (bicyclic) bond motifs is 4. The number of para-hydroxylation sites is 1. The summed E-state index contributed by atoms with van der Waals surface area (Å²) in [4.78, 5) is 46.8. The van der Waals surface area contributed by atoms with E-state index >= 15 is 0 Å². The van der Waals surface area contributed by atoms with Crippen LogP contribution in [0.3, 0.4) is 0 Å². The Hall–Kier alpha value is -4.59. The molecule has 1 aromatic heterocycles. The van der Waals surface area contributed by atoms with Crippen LogP contribution in [-0.2, 0) is 11.2 Å². The van der Waals surface area contributed by atoms with Gasteiger partial charge in [-0.25, -0.2) is 9.69 Å². The lowest BCUT2D eigenvalue weighted by Gasteiger charge is -2.36. The van der Waals surface area contributed by atoms with Gasteiger partial charge in [-0.15, -0.1) is 0 Å². The maximum atomic E-state index is 14.0. The summed E-state index contributed by atoms with van der Waals surface area (Å²) in [6.07, 6.45) is 2.31. The van der Waals surface area contributed by atoms with E-state index in [9.17, 15) is 14.4 Å². The van der Waals surface area contributed by atoms with Gasteiger partial charge in [0, 0.05) is 35.1 Å². The number of nitrogens with zero attached hydrogens (tertiary/aromatic N) is 2. The summed E-state index contributed by atoms with van der Waals surface area (Å²) in [7, 11) is 1.61. The van der Waals surface area contributed by atoms with Crippen LogP contribution < -0.4 is 15.0 Å². The van der Waals surface area contributed by atoms with E-state index in [-0.39, 0.29) is 17.8 Å². The molecule has 4 aromatic rings. The Morgan fingerprint density at radius 1 is 1.05 bits per heavy atom. The number of carbonyl (C=O) groups excluding carboxylic acids is 3. The topological polar surface area (TPSA) is 94.7 Å². The molecule has 4 amide bonds. The van der Waals surface area contributed by atoms with Crippen LogP contribution in [0.2, 0.25) is 0 Å². The number of amides is 4. The lowest BCUT2D eigenvalue weighted by molar-refractivity contribution is -0.120. The van der Waals surface area contributed by atoms with Gasteiger partial charge >= 0.3 is 6.03 Å². The van der Waals surface area contributed by atoms with Crippen LogP contribution in [0.5, 0.6) is 5.75 Å². The second-order valence-corrected chi connectivity index (χ2v) is 9.98. The Kier molecular flexibility index (Phi) is 6.30. The van der Waals surface area contributed by atoms with E-state index in [1.54, 1.807) is 36.3 Å². The van der Waals surface area contributed by atoms with Crippen molar-refractivity contribution in [3.05, 3.63) is 95.2 Å². The van der Waals surface area contributed by atoms with E-state index in [0.29, 0.717) is 30.0 Å². The molecule has 0 saturated carbocycles. The van der Waals surface area contributed by atoms with Gasteiger partial charge in [0.05, 0.1) is 12.8 Å². The Bertz CT molecular complexity index is 1580. The highest BCUT2D eigenvalue weighted by Crippen LogP contribution is 2.45. The average Bonchev–Trinajstić information content (AvgIpc) is 3.46. The van der Waals surface area contributed by atoms with Crippen molar-refractivity contribution in [2.24, 2.45) is 0 Å². The first-order valence-electron chi connectivity index (χ1n) is 13.3. The first kappa shape index (κ1) is 24.7. The molecule has 0 radical (unpaired) electrons. The molecule has 2 atom stereocenters. The van der Waals surface area contributed by atoms with Crippen LogP contribution in [-0.4, -0.2) is 47.4 Å². The van der Waals surface area contributed by atoms with Crippen LogP contribution in [0.1, 0.15) is 53.0 Å². The molecular weight excluding hydrogens is 492 g/mol. The summed E-state index contributed by atoms with van der Waals surface area (Å²) in [6, 6.07) is 20.7. The number of anilines is 1. The number of carbonyl (C=O) groups is 3. The molecule has 0 spiro atoms. The molecule has 2 aliphatic heterocycles. The second kappa shape index (κ2) is 9.94. The zero-order valence-corrected chi connectivity index (χ0v) is 21.9. The van der Waals surface area contributed by atoms with Gasteiger partial charge in [0.1, 0.15) is 17.8 Å².